The lowest BCUT2D eigenvalue weighted by Gasteiger charge is -2.10. The van der Waals surface area contributed by atoms with E-state index in [1.165, 1.54) is 12.1 Å². The van der Waals surface area contributed by atoms with E-state index in [0.29, 0.717) is 24.3 Å². The summed E-state index contributed by atoms with van der Waals surface area (Å²) in [5.74, 6) is 1.71. The molecule has 2 rings (SSSR count). The van der Waals surface area contributed by atoms with Gasteiger partial charge in [-0.1, -0.05) is 15.9 Å². The van der Waals surface area contributed by atoms with Crippen LogP contribution in [-0.4, -0.2) is 20.3 Å². The minimum absolute atomic E-state index is 0.307. The van der Waals surface area contributed by atoms with E-state index in [1.807, 2.05) is 24.3 Å². The van der Waals surface area contributed by atoms with Gasteiger partial charge in [0.2, 0.25) is 0 Å². The van der Waals surface area contributed by atoms with Crippen molar-refractivity contribution in [1.82, 2.24) is 0 Å². The molecule has 0 N–H and O–H groups in total. The van der Waals surface area contributed by atoms with Gasteiger partial charge in [-0.15, -0.1) is 0 Å². The Hall–Kier alpha value is -1.75. The lowest BCUT2D eigenvalue weighted by atomic mass is 10.2. The van der Waals surface area contributed by atoms with E-state index in [1.54, 1.807) is 13.2 Å². The van der Waals surface area contributed by atoms with Crippen LogP contribution in [0.5, 0.6) is 17.2 Å². The van der Waals surface area contributed by atoms with Crippen molar-refractivity contribution in [3.05, 3.63) is 53.8 Å². The third kappa shape index (κ3) is 4.93. The molecule has 0 aliphatic rings. The standard InChI is InChI=1S/C16H16BrFO3/c1-19-14-2-4-15(5-3-14)20-6-7-21-16-9-12(11-17)8-13(18)10-16/h2-5,8-10H,6-7,11H2,1H3. The molecule has 2 aromatic carbocycles. The van der Waals surface area contributed by atoms with Crippen LogP contribution in [0.15, 0.2) is 42.5 Å². The molecule has 0 amide bonds. The molecule has 112 valence electrons. The third-order valence-corrected chi connectivity index (χ3v) is 3.41. The maximum Gasteiger partial charge on any atom is 0.127 e. The molecule has 0 saturated carbocycles. The van der Waals surface area contributed by atoms with Crippen LogP contribution in [0.25, 0.3) is 0 Å². The van der Waals surface area contributed by atoms with E-state index < -0.39 is 0 Å². The van der Waals surface area contributed by atoms with Crippen molar-refractivity contribution in [3.63, 3.8) is 0 Å². The Labute approximate surface area is 131 Å². The molecule has 0 saturated heterocycles. The predicted octanol–water partition coefficient (Wildman–Crippen LogP) is 4.19. The normalized spacial score (nSPS) is 10.2. The summed E-state index contributed by atoms with van der Waals surface area (Å²) in [4.78, 5) is 0. The van der Waals surface area contributed by atoms with Crippen molar-refractivity contribution < 1.29 is 18.6 Å². The number of methoxy groups -OCH3 is 1. The first-order valence-electron chi connectivity index (χ1n) is 6.46. The quantitative estimate of drug-likeness (QED) is 0.551. The highest BCUT2D eigenvalue weighted by Crippen LogP contribution is 2.19. The number of hydrogen-bond donors (Lipinski definition) is 0. The zero-order chi connectivity index (χ0) is 15.1. The Balaban J connectivity index is 1.80. The maximum absolute atomic E-state index is 13.3. The molecule has 0 aliphatic carbocycles. The van der Waals surface area contributed by atoms with Gasteiger partial charge in [0.1, 0.15) is 36.3 Å². The molecule has 0 fully saturated rings. The van der Waals surface area contributed by atoms with Crippen LogP contribution in [0.2, 0.25) is 0 Å². The molecule has 0 bridgehead atoms. The number of rotatable bonds is 7. The first-order valence-corrected chi connectivity index (χ1v) is 7.58. The van der Waals surface area contributed by atoms with Gasteiger partial charge in [0.25, 0.3) is 0 Å². The second kappa shape index (κ2) is 7.88. The first kappa shape index (κ1) is 15.6. The van der Waals surface area contributed by atoms with Crippen LogP contribution in [0.1, 0.15) is 5.56 Å². The van der Waals surface area contributed by atoms with Crippen LogP contribution in [0.3, 0.4) is 0 Å². The molecule has 0 aliphatic heterocycles. The minimum Gasteiger partial charge on any atom is -0.497 e. The largest absolute Gasteiger partial charge is 0.497 e. The summed E-state index contributed by atoms with van der Waals surface area (Å²) < 4.78 is 29.4. The van der Waals surface area contributed by atoms with E-state index in [-0.39, 0.29) is 5.82 Å². The summed E-state index contributed by atoms with van der Waals surface area (Å²) in [6.45, 7) is 0.726. The summed E-state index contributed by atoms with van der Waals surface area (Å²) >= 11 is 3.29. The lowest BCUT2D eigenvalue weighted by molar-refractivity contribution is 0.216. The Morgan fingerprint density at radius 1 is 0.905 bits per heavy atom. The molecular formula is C16H16BrFO3. The van der Waals surface area contributed by atoms with Crippen LogP contribution >= 0.6 is 15.9 Å². The van der Waals surface area contributed by atoms with Crippen molar-refractivity contribution >= 4 is 15.9 Å². The van der Waals surface area contributed by atoms with Gasteiger partial charge in [0.05, 0.1) is 7.11 Å². The third-order valence-electron chi connectivity index (χ3n) is 2.77. The highest BCUT2D eigenvalue weighted by molar-refractivity contribution is 9.08. The zero-order valence-corrected chi connectivity index (χ0v) is 13.2. The highest BCUT2D eigenvalue weighted by atomic mass is 79.9. The molecule has 3 nitrogen and oxygen atoms in total. The fourth-order valence-corrected chi connectivity index (χ4v) is 2.10. The summed E-state index contributed by atoms with van der Waals surface area (Å²) in [7, 11) is 1.61. The van der Waals surface area contributed by atoms with Crippen LogP contribution in [0.4, 0.5) is 4.39 Å². The van der Waals surface area contributed by atoms with Gasteiger partial charge in [0.15, 0.2) is 0 Å². The van der Waals surface area contributed by atoms with Gasteiger partial charge in [-0.05, 0) is 42.0 Å². The highest BCUT2D eigenvalue weighted by Gasteiger charge is 2.02. The van der Waals surface area contributed by atoms with E-state index >= 15 is 0 Å². The molecule has 0 aromatic heterocycles. The number of ether oxygens (including phenoxy) is 3. The summed E-state index contributed by atoms with van der Waals surface area (Å²) in [5, 5.41) is 0.587. The smallest absolute Gasteiger partial charge is 0.127 e. The molecule has 0 radical (unpaired) electrons. The van der Waals surface area contributed by atoms with E-state index in [9.17, 15) is 4.39 Å². The van der Waals surface area contributed by atoms with Gasteiger partial charge in [-0.25, -0.2) is 4.39 Å². The Bertz CT molecular complexity index is 572. The van der Waals surface area contributed by atoms with Crippen molar-refractivity contribution in [2.75, 3.05) is 20.3 Å². The summed E-state index contributed by atoms with van der Waals surface area (Å²) in [6, 6.07) is 11.9. The Morgan fingerprint density at radius 3 is 2.14 bits per heavy atom. The average Bonchev–Trinajstić information content (AvgIpc) is 2.51. The summed E-state index contributed by atoms with van der Waals surface area (Å²) in [5.41, 5.74) is 0.834. The molecule has 0 heterocycles. The van der Waals surface area contributed by atoms with E-state index in [0.717, 1.165) is 17.1 Å². The topological polar surface area (TPSA) is 27.7 Å². The number of halogens is 2. The van der Waals surface area contributed by atoms with E-state index in [4.69, 9.17) is 14.2 Å². The predicted molar refractivity (Wildman–Crippen MR) is 83.0 cm³/mol. The van der Waals surface area contributed by atoms with Crippen LogP contribution < -0.4 is 14.2 Å². The zero-order valence-electron chi connectivity index (χ0n) is 11.6. The van der Waals surface area contributed by atoms with Crippen LogP contribution in [0, 0.1) is 5.82 Å². The second-order valence-electron chi connectivity index (χ2n) is 4.30. The summed E-state index contributed by atoms with van der Waals surface area (Å²) in [6.07, 6.45) is 0. The molecule has 21 heavy (non-hydrogen) atoms. The van der Waals surface area contributed by atoms with Gasteiger partial charge < -0.3 is 14.2 Å². The maximum atomic E-state index is 13.3. The molecular weight excluding hydrogens is 339 g/mol. The average molecular weight is 355 g/mol. The molecule has 2 aromatic rings. The number of benzene rings is 2. The number of alkyl halides is 1. The van der Waals surface area contributed by atoms with Gasteiger partial charge in [-0.3, -0.25) is 0 Å². The van der Waals surface area contributed by atoms with Crippen molar-refractivity contribution in [2.24, 2.45) is 0 Å². The van der Waals surface area contributed by atoms with Gasteiger partial charge in [-0.2, -0.15) is 0 Å². The van der Waals surface area contributed by atoms with E-state index in [2.05, 4.69) is 15.9 Å². The monoisotopic (exact) mass is 354 g/mol. The molecule has 0 unspecified atom stereocenters. The molecule has 0 atom stereocenters. The SMILES string of the molecule is COc1ccc(OCCOc2cc(F)cc(CBr)c2)cc1. The van der Waals surface area contributed by atoms with Gasteiger partial charge >= 0.3 is 0 Å². The first-order chi connectivity index (χ1) is 10.2. The Kier molecular flexibility index (Phi) is 5.87. The van der Waals surface area contributed by atoms with Crippen molar-refractivity contribution in [2.45, 2.75) is 5.33 Å². The number of hydrogen-bond acceptors (Lipinski definition) is 3. The second-order valence-corrected chi connectivity index (χ2v) is 4.86. The fourth-order valence-electron chi connectivity index (χ4n) is 1.77. The fraction of sp³-hybridized carbons (Fsp3) is 0.250. The Morgan fingerprint density at radius 2 is 1.52 bits per heavy atom. The van der Waals surface area contributed by atoms with Gasteiger partial charge in [0, 0.05) is 11.4 Å². The molecule has 5 heteroatoms. The van der Waals surface area contributed by atoms with Crippen LogP contribution in [-0.2, 0) is 5.33 Å². The lowest BCUT2D eigenvalue weighted by Crippen LogP contribution is -2.09. The minimum atomic E-state index is -0.307. The van der Waals surface area contributed by atoms with Crippen molar-refractivity contribution in [1.29, 1.82) is 0 Å². The molecule has 0 spiro atoms. The van der Waals surface area contributed by atoms with Crippen molar-refractivity contribution in [3.8, 4) is 17.2 Å².